The maximum Gasteiger partial charge on any atom is 0.277 e. The zero-order chi connectivity index (χ0) is 16.1. The van der Waals surface area contributed by atoms with Crippen molar-refractivity contribution in [1.29, 1.82) is 0 Å². The maximum absolute atomic E-state index is 11.8. The van der Waals surface area contributed by atoms with Crippen LogP contribution in [0.4, 0.5) is 0 Å². The lowest BCUT2D eigenvalue weighted by atomic mass is 10.1. The average molecular weight is 312 g/mol. The molecule has 2 aromatic carbocycles. The Balaban J connectivity index is 1.58. The van der Waals surface area contributed by atoms with Gasteiger partial charge in [0.1, 0.15) is 29.6 Å². The molecular weight excluding hydrogens is 296 g/mol. The summed E-state index contributed by atoms with van der Waals surface area (Å²) in [4.78, 5) is 11.8. The molecule has 0 radical (unpaired) electrons. The number of nitrogens with one attached hydrogen (secondary N) is 1. The van der Waals surface area contributed by atoms with Gasteiger partial charge in [-0.15, -0.1) is 0 Å². The van der Waals surface area contributed by atoms with E-state index in [1.54, 1.807) is 25.3 Å². The molecule has 1 N–H and O–H groups in total. The third-order valence-corrected chi connectivity index (χ3v) is 3.29. The fourth-order valence-corrected chi connectivity index (χ4v) is 2.13. The standard InChI is InChI=1S/C17H16N2O4/c1-21-13-7-8-14-15(10-23-16(14)9-13)18-19-17(20)11-22-12-5-3-2-4-6-12/h2-9H,10-11H2,1H3,(H,19,20)/b18-15+. The second kappa shape index (κ2) is 6.83. The first kappa shape index (κ1) is 14.9. The largest absolute Gasteiger partial charge is 0.497 e. The molecule has 2 aromatic rings. The van der Waals surface area contributed by atoms with Gasteiger partial charge < -0.3 is 14.2 Å². The molecule has 1 aliphatic heterocycles. The third-order valence-electron chi connectivity index (χ3n) is 3.29. The second-order valence-electron chi connectivity index (χ2n) is 4.85. The Hall–Kier alpha value is -3.02. The maximum atomic E-state index is 11.8. The lowest BCUT2D eigenvalue weighted by molar-refractivity contribution is -0.123. The Morgan fingerprint density at radius 3 is 2.83 bits per heavy atom. The van der Waals surface area contributed by atoms with E-state index in [2.05, 4.69) is 10.5 Å². The van der Waals surface area contributed by atoms with Crippen LogP contribution in [-0.4, -0.2) is 31.9 Å². The normalized spacial score (nSPS) is 14.0. The van der Waals surface area contributed by atoms with Crippen LogP contribution in [0.1, 0.15) is 5.56 Å². The van der Waals surface area contributed by atoms with E-state index in [0.717, 1.165) is 5.56 Å². The first-order valence-corrected chi connectivity index (χ1v) is 7.11. The molecule has 0 bridgehead atoms. The molecule has 6 heteroatoms. The fourth-order valence-electron chi connectivity index (χ4n) is 2.13. The molecule has 1 amide bonds. The lowest BCUT2D eigenvalue weighted by Crippen LogP contribution is -2.26. The number of hydrogen-bond acceptors (Lipinski definition) is 5. The molecule has 0 saturated carbocycles. The number of amides is 1. The summed E-state index contributed by atoms with van der Waals surface area (Å²) in [6.45, 7) is 0.208. The van der Waals surface area contributed by atoms with E-state index in [-0.39, 0.29) is 12.5 Å². The minimum Gasteiger partial charge on any atom is -0.497 e. The molecule has 0 aromatic heterocycles. The van der Waals surface area contributed by atoms with Crippen LogP contribution in [0.15, 0.2) is 53.6 Å². The minimum atomic E-state index is -0.330. The number of hydrazone groups is 1. The highest BCUT2D eigenvalue weighted by atomic mass is 16.5. The molecule has 0 saturated heterocycles. The third kappa shape index (κ3) is 3.60. The monoisotopic (exact) mass is 312 g/mol. The van der Waals surface area contributed by atoms with Gasteiger partial charge in [0.15, 0.2) is 6.61 Å². The highest BCUT2D eigenvalue weighted by Gasteiger charge is 2.20. The zero-order valence-corrected chi connectivity index (χ0v) is 12.6. The quantitative estimate of drug-likeness (QED) is 0.857. The van der Waals surface area contributed by atoms with Crippen molar-refractivity contribution in [2.45, 2.75) is 0 Å². The van der Waals surface area contributed by atoms with Crippen molar-refractivity contribution >= 4 is 11.6 Å². The molecule has 0 fully saturated rings. The van der Waals surface area contributed by atoms with Gasteiger partial charge in [-0.1, -0.05) is 18.2 Å². The summed E-state index contributed by atoms with van der Waals surface area (Å²) in [5.41, 5.74) is 3.98. The van der Waals surface area contributed by atoms with E-state index in [9.17, 15) is 4.79 Å². The topological polar surface area (TPSA) is 69.2 Å². The molecule has 0 spiro atoms. The van der Waals surface area contributed by atoms with Crippen LogP contribution >= 0.6 is 0 Å². The summed E-state index contributed by atoms with van der Waals surface area (Å²) in [5.74, 6) is 1.71. The summed E-state index contributed by atoms with van der Waals surface area (Å²) >= 11 is 0. The molecular formula is C17H16N2O4. The van der Waals surface area contributed by atoms with Gasteiger partial charge in [0.05, 0.1) is 7.11 Å². The number of carbonyl (C=O) groups excluding carboxylic acids is 1. The zero-order valence-electron chi connectivity index (χ0n) is 12.6. The van der Waals surface area contributed by atoms with Gasteiger partial charge in [0, 0.05) is 11.6 Å². The molecule has 0 atom stereocenters. The van der Waals surface area contributed by atoms with Crippen LogP contribution < -0.4 is 19.6 Å². The van der Waals surface area contributed by atoms with E-state index in [0.29, 0.717) is 29.6 Å². The number of benzene rings is 2. The van der Waals surface area contributed by atoms with Crippen molar-refractivity contribution in [3.63, 3.8) is 0 Å². The first-order valence-electron chi connectivity index (χ1n) is 7.11. The molecule has 118 valence electrons. The number of rotatable bonds is 5. The molecule has 0 aliphatic carbocycles. The van der Waals surface area contributed by atoms with Gasteiger partial charge in [-0.05, 0) is 24.3 Å². The average Bonchev–Trinajstić information content (AvgIpc) is 3.01. The summed E-state index contributed by atoms with van der Waals surface area (Å²) < 4.78 is 16.0. The van der Waals surface area contributed by atoms with Crippen LogP contribution in [0.5, 0.6) is 17.2 Å². The van der Waals surface area contributed by atoms with E-state index >= 15 is 0 Å². The van der Waals surface area contributed by atoms with Crippen molar-refractivity contribution in [1.82, 2.24) is 5.43 Å². The van der Waals surface area contributed by atoms with Crippen LogP contribution in [-0.2, 0) is 4.79 Å². The van der Waals surface area contributed by atoms with Crippen LogP contribution in [0.25, 0.3) is 0 Å². The molecule has 3 rings (SSSR count). The minimum absolute atomic E-state index is 0.100. The number of fused-ring (bicyclic) bond motifs is 1. The van der Waals surface area contributed by atoms with E-state index in [1.165, 1.54) is 0 Å². The second-order valence-corrected chi connectivity index (χ2v) is 4.85. The fraction of sp³-hybridized carbons (Fsp3) is 0.176. The molecule has 23 heavy (non-hydrogen) atoms. The number of para-hydroxylation sites is 1. The summed E-state index contributed by atoms with van der Waals surface area (Å²) in [5, 5.41) is 4.10. The number of hydrogen-bond donors (Lipinski definition) is 1. The predicted octanol–water partition coefficient (Wildman–Crippen LogP) is 1.99. The molecule has 6 nitrogen and oxygen atoms in total. The SMILES string of the molecule is COc1ccc2c(c1)OC/C2=N\NC(=O)COc1ccccc1. The van der Waals surface area contributed by atoms with Crippen molar-refractivity contribution < 1.29 is 19.0 Å². The summed E-state index contributed by atoms with van der Waals surface area (Å²) in [6, 6.07) is 14.6. The van der Waals surface area contributed by atoms with E-state index < -0.39 is 0 Å². The Morgan fingerprint density at radius 2 is 2.04 bits per heavy atom. The van der Waals surface area contributed by atoms with Crippen LogP contribution in [0.2, 0.25) is 0 Å². The van der Waals surface area contributed by atoms with Gasteiger partial charge in [0.2, 0.25) is 0 Å². The highest BCUT2D eigenvalue weighted by Crippen LogP contribution is 2.29. The molecule has 1 aliphatic rings. The smallest absolute Gasteiger partial charge is 0.277 e. The van der Waals surface area contributed by atoms with Gasteiger partial charge in [-0.3, -0.25) is 4.79 Å². The summed E-state index contributed by atoms with van der Waals surface area (Å²) in [7, 11) is 1.60. The van der Waals surface area contributed by atoms with Crippen molar-refractivity contribution in [3.8, 4) is 17.2 Å². The van der Waals surface area contributed by atoms with Gasteiger partial charge in [-0.2, -0.15) is 5.10 Å². The van der Waals surface area contributed by atoms with Gasteiger partial charge >= 0.3 is 0 Å². The Kier molecular flexibility index (Phi) is 4.42. The molecule has 1 heterocycles. The van der Waals surface area contributed by atoms with Crippen LogP contribution in [0.3, 0.4) is 0 Å². The van der Waals surface area contributed by atoms with Gasteiger partial charge in [-0.25, -0.2) is 5.43 Å². The Morgan fingerprint density at radius 1 is 1.22 bits per heavy atom. The number of nitrogens with zero attached hydrogens (tertiary/aromatic N) is 1. The van der Waals surface area contributed by atoms with E-state index in [1.807, 2.05) is 30.3 Å². The first-order chi connectivity index (χ1) is 11.3. The number of ether oxygens (including phenoxy) is 3. The van der Waals surface area contributed by atoms with Crippen molar-refractivity contribution in [2.24, 2.45) is 5.10 Å². The Bertz CT molecular complexity index is 729. The van der Waals surface area contributed by atoms with Crippen molar-refractivity contribution in [3.05, 3.63) is 54.1 Å². The van der Waals surface area contributed by atoms with Crippen molar-refractivity contribution in [2.75, 3.05) is 20.3 Å². The van der Waals surface area contributed by atoms with E-state index in [4.69, 9.17) is 14.2 Å². The molecule has 0 unspecified atom stereocenters. The van der Waals surface area contributed by atoms with Crippen LogP contribution in [0, 0.1) is 0 Å². The summed E-state index contributed by atoms with van der Waals surface area (Å²) in [6.07, 6.45) is 0. The number of carbonyl (C=O) groups is 1. The predicted molar refractivity (Wildman–Crippen MR) is 85.1 cm³/mol. The number of methoxy groups -OCH3 is 1. The highest BCUT2D eigenvalue weighted by molar-refractivity contribution is 6.06. The lowest BCUT2D eigenvalue weighted by Gasteiger charge is -2.05. The van der Waals surface area contributed by atoms with Gasteiger partial charge in [0.25, 0.3) is 5.91 Å². The Labute approximate surface area is 133 Å².